The van der Waals surface area contributed by atoms with Gasteiger partial charge in [0.15, 0.2) is 5.76 Å². The Morgan fingerprint density at radius 2 is 2.00 bits per heavy atom. The standard InChI is InChI=1S/C17H15NO3/c1-2-20-14-8-5-7-13(11-14)18-17(19)16-10-12-6-3-4-9-15(12)21-16/h3-11H,2H2,1H3,(H,18,19). The van der Waals surface area contributed by atoms with Crippen LogP contribution in [-0.2, 0) is 0 Å². The molecule has 0 radical (unpaired) electrons. The number of anilines is 1. The molecule has 0 aliphatic carbocycles. The topological polar surface area (TPSA) is 51.5 Å². The van der Waals surface area contributed by atoms with Gasteiger partial charge in [-0.2, -0.15) is 0 Å². The Morgan fingerprint density at radius 3 is 2.81 bits per heavy atom. The smallest absolute Gasteiger partial charge is 0.291 e. The summed E-state index contributed by atoms with van der Waals surface area (Å²) in [5.41, 5.74) is 1.37. The van der Waals surface area contributed by atoms with Crippen molar-refractivity contribution in [2.75, 3.05) is 11.9 Å². The first-order valence-electron chi connectivity index (χ1n) is 6.79. The Kier molecular flexibility index (Phi) is 3.60. The third kappa shape index (κ3) is 2.89. The van der Waals surface area contributed by atoms with Crippen LogP contribution in [0.25, 0.3) is 11.0 Å². The highest BCUT2D eigenvalue weighted by Crippen LogP contribution is 2.21. The molecule has 0 spiro atoms. The zero-order valence-electron chi connectivity index (χ0n) is 11.6. The maximum Gasteiger partial charge on any atom is 0.291 e. The molecule has 4 nitrogen and oxygen atoms in total. The van der Waals surface area contributed by atoms with Crippen LogP contribution in [0, 0.1) is 0 Å². The number of fused-ring (bicyclic) bond motifs is 1. The fourth-order valence-corrected chi connectivity index (χ4v) is 2.12. The molecule has 0 aliphatic heterocycles. The monoisotopic (exact) mass is 281 g/mol. The van der Waals surface area contributed by atoms with Crippen LogP contribution in [-0.4, -0.2) is 12.5 Å². The number of carbonyl (C=O) groups is 1. The number of carbonyl (C=O) groups excluding carboxylic acids is 1. The fourth-order valence-electron chi connectivity index (χ4n) is 2.12. The maximum absolute atomic E-state index is 12.2. The SMILES string of the molecule is CCOc1cccc(NC(=O)c2cc3ccccc3o2)c1. The van der Waals surface area contributed by atoms with Gasteiger partial charge in [-0.05, 0) is 31.2 Å². The van der Waals surface area contributed by atoms with Gasteiger partial charge in [0.2, 0.25) is 0 Å². The van der Waals surface area contributed by atoms with E-state index in [0.29, 0.717) is 17.9 Å². The lowest BCUT2D eigenvalue weighted by Gasteiger charge is -2.06. The van der Waals surface area contributed by atoms with Gasteiger partial charge in [0.1, 0.15) is 11.3 Å². The largest absolute Gasteiger partial charge is 0.494 e. The molecule has 1 N–H and O–H groups in total. The number of rotatable bonds is 4. The van der Waals surface area contributed by atoms with Crippen LogP contribution < -0.4 is 10.1 Å². The van der Waals surface area contributed by atoms with Crippen molar-refractivity contribution in [3.63, 3.8) is 0 Å². The lowest BCUT2D eigenvalue weighted by Crippen LogP contribution is -2.10. The number of para-hydroxylation sites is 1. The Morgan fingerprint density at radius 1 is 1.14 bits per heavy atom. The minimum Gasteiger partial charge on any atom is -0.494 e. The molecular formula is C17H15NO3. The van der Waals surface area contributed by atoms with Crippen LogP contribution in [0.5, 0.6) is 5.75 Å². The van der Waals surface area contributed by atoms with E-state index in [1.807, 2.05) is 49.4 Å². The number of benzene rings is 2. The van der Waals surface area contributed by atoms with Crippen molar-refractivity contribution < 1.29 is 13.9 Å². The van der Waals surface area contributed by atoms with Crippen molar-refractivity contribution in [3.8, 4) is 5.75 Å². The number of hydrogen-bond acceptors (Lipinski definition) is 3. The van der Waals surface area contributed by atoms with Crippen LogP contribution >= 0.6 is 0 Å². The first-order valence-corrected chi connectivity index (χ1v) is 6.79. The van der Waals surface area contributed by atoms with Crippen LogP contribution in [0.1, 0.15) is 17.5 Å². The minimum atomic E-state index is -0.278. The fraction of sp³-hybridized carbons (Fsp3) is 0.118. The second-order valence-corrected chi connectivity index (χ2v) is 4.56. The van der Waals surface area contributed by atoms with Gasteiger partial charge in [0, 0.05) is 17.1 Å². The summed E-state index contributed by atoms with van der Waals surface area (Å²) in [6.45, 7) is 2.50. The second-order valence-electron chi connectivity index (χ2n) is 4.56. The maximum atomic E-state index is 12.2. The van der Waals surface area contributed by atoms with E-state index >= 15 is 0 Å². The molecule has 1 aromatic heterocycles. The molecule has 1 heterocycles. The molecule has 4 heteroatoms. The zero-order chi connectivity index (χ0) is 14.7. The summed E-state index contributed by atoms with van der Waals surface area (Å²) in [5.74, 6) is 0.734. The van der Waals surface area contributed by atoms with E-state index in [1.165, 1.54) is 0 Å². The highest BCUT2D eigenvalue weighted by molar-refractivity contribution is 6.04. The number of hydrogen-bond donors (Lipinski definition) is 1. The summed E-state index contributed by atoms with van der Waals surface area (Å²) in [6, 6.07) is 16.5. The lowest BCUT2D eigenvalue weighted by atomic mass is 10.2. The van der Waals surface area contributed by atoms with Crippen molar-refractivity contribution in [1.29, 1.82) is 0 Å². The van der Waals surface area contributed by atoms with E-state index in [2.05, 4.69) is 5.32 Å². The highest BCUT2D eigenvalue weighted by Gasteiger charge is 2.12. The average Bonchev–Trinajstić information content (AvgIpc) is 2.92. The Labute approximate surface area is 122 Å². The summed E-state index contributed by atoms with van der Waals surface area (Å²) in [4.78, 5) is 12.2. The van der Waals surface area contributed by atoms with Crippen LogP contribution in [0.2, 0.25) is 0 Å². The van der Waals surface area contributed by atoms with E-state index < -0.39 is 0 Å². The second kappa shape index (κ2) is 5.71. The molecule has 2 aromatic carbocycles. The first-order chi connectivity index (χ1) is 10.3. The Hall–Kier alpha value is -2.75. The summed E-state index contributed by atoms with van der Waals surface area (Å²) < 4.78 is 10.9. The van der Waals surface area contributed by atoms with Crippen molar-refractivity contribution in [2.24, 2.45) is 0 Å². The van der Waals surface area contributed by atoms with Crippen molar-refractivity contribution in [1.82, 2.24) is 0 Å². The van der Waals surface area contributed by atoms with Crippen molar-refractivity contribution in [2.45, 2.75) is 6.92 Å². The van der Waals surface area contributed by atoms with E-state index in [9.17, 15) is 4.79 Å². The molecule has 0 atom stereocenters. The molecule has 0 bridgehead atoms. The van der Waals surface area contributed by atoms with E-state index in [1.54, 1.807) is 12.1 Å². The number of ether oxygens (including phenoxy) is 1. The predicted molar refractivity (Wildman–Crippen MR) is 81.8 cm³/mol. The molecule has 0 unspecified atom stereocenters. The summed E-state index contributed by atoms with van der Waals surface area (Å²) >= 11 is 0. The molecule has 1 amide bonds. The van der Waals surface area contributed by atoms with Gasteiger partial charge in [-0.15, -0.1) is 0 Å². The highest BCUT2D eigenvalue weighted by atomic mass is 16.5. The van der Waals surface area contributed by atoms with Gasteiger partial charge < -0.3 is 14.5 Å². The van der Waals surface area contributed by atoms with Crippen LogP contribution in [0.15, 0.2) is 59.0 Å². The van der Waals surface area contributed by atoms with E-state index in [0.717, 1.165) is 11.1 Å². The quantitative estimate of drug-likeness (QED) is 0.783. The van der Waals surface area contributed by atoms with Gasteiger partial charge in [-0.1, -0.05) is 24.3 Å². The number of furan rings is 1. The first kappa shape index (κ1) is 13.2. The third-order valence-electron chi connectivity index (χ3n) is 3.05. The molecule has 0 saturated carbocycles. The molecule has 0 fully saturated rings. The van der Waals surface area contributed by atoms with Crippen LogP contribution in [0.3, 0.4) is 0 Å². The summed E-state index contributed by atoms with van der Waals surface area (Å²) in [5, 5.41) is 3.71. The summed E-state index contributed by atoms with van der Waals surface area (Å²) in [6.07, 6.45) is 0. The molecule has 3 aromatic rings. The van der Waals surface area contributed by atoms with E-state index in [4.69, 9.17) is 9.15 Å². The molecule has 106 valence electrons. The molecule has 3 rings (SSSR count). The minimum absolute atomic E-state index is 0.278. The van der Waals surface area contributed by atoms with Gasteiger partial charge in [-0.25, -0.2) is 0 Å². The molecule has 0 aliphatic rings. The van der Waals surface area contributed by atoms with Crippen LogP contribution in [0.4, 0.5) is 5.69 Å². The molecule has 0 saturated heterocycles. The molecule has 21 heavy (non-hydrogen) atoms. The number of nitrogens with one attached hydrogen (secondary N) is 1. The molecular weight excluding hydrogens is 266 g/mol. The number of amides is 1. The Bertz CT molecular complexity index is 743. The van der Waals surface area contributed by atoms with Gasteiger partial charge in [0.25, 0.3) is 5.91 Å². The predicted octanol–water partition coefficient (Wildman–Crippen LogP) is 4.08. The third-order valence-corrected chi connectivity index (χ3v) is 3.05. The normalized spacial score (nSPS) is 10.5. The van der Waals surface area contributed by atoms with Gasteiger partial charge in [0.05, 0.1) is 6.61 Å². The average molecular weight is 281 g/mol. The zero-order valence-corrected chi connectivity index (χ0v) is 11.6. The van der Waals surface area contributed by atoms with Gasteiger partial charge >= 0.3 is 0 Å². The van der Waals surface area contributed by atoms with Gasteiger partial charge in [-0.3, -0.25) is 4.79 Å². The summed E-state index contributed by atoms with van der Waals surface area (Å²) in [7, 11) is 0. The lowest BCUT2D eigenvalue weighted by molar-refractivity contribution is 0.0998. The van der Waals surface area contributed by atoms with E-state index in [-0.39, 0.29) is 11.7 Å². The van der Waals surface area contributed by atoms with Crippen molar-refractivity contribution in [3.05, 3.63) is 60.4 Å². The Balaban J connectivity index is 1.80. The van der Waals surface area contributed by atoms with Crippen molar-refractivity contribution >= 4 is 22.6 Å².